The van der Waals surface area contributed by atoms with Crippen molar-refractivity contribution >= 4 is 10.8 Å². The van der Waals surface area contributed by atoms with E-state index >= 15 is 0 Å². The maximum atomic E-state index is 12.3. The summed E-state index contributed by atoms with van der Waals surface area (Å²) < 4.78 is 1.57. The number of nitrogens with one attached hydrogen (secondary N) is 1. The molecule has 1 N–H and O–H groups in total. The normalized spacial score (nSPS) is 16.8. The van der Waals surface area contributed by atoms with Gasteiger partial charge in [0.1, 0.15) is 0 Å². The van der Waals surface area contributed by atoms with Crippen LogP contribution in [0.3, 0.4) is 0 Å². The summed E-state index contributed by atoms with van der Waals surface area (Å²) in [4.78, 5) is 14.6. The molecule has 3 rings (SSSR count). The largest absolute Gasteiger partial charge is 0.314 e. The maximum Gasteiger partial charge on any atom is 0.274 e. The van der Waals surface area contributed by atoms with E-state index in [1.807, 2.05) is 24.3 Å². The number of hydrogen-bond acceptors (Lipinski definition) is 4. The van der Waals surface area contributed by atoms with Gasteiger partial charge in [-0.25, -0.2) is 4.68 Å². The van der Waals surface area contributed by atoms with Crippen LogP contribution in [0.4, 0.5) is 0 Å². The Kier molecular flexibility index (Phi) is 3.57. The molecule has 0 atom stereocenters. The van der Waals surface area contributed by atoms with Crippen LogP contribution in [0.25, 0.3) is 10.8 Å². The molecule has 5 nitrogen and oxygen atoms in total. The summed E-state index contributed by atoms with van der Waals surface area (Å²) in [5.74, 6) is 0. The number of hydrogen-bond donors (Lipinski definition) is 1. The van der Waals surface area contributed by atoms with Gasteiger partial charge >= 0.3 is 0 Å². The monoisotopic (exact) mass is 258 g/mol. The van der Waals surface area contributed by atoms with Crippen molar-refractivity contribution in [2.75, 3.05) is 32.7 Å². The predicted molar refractivity (Wildman–Crippen MR) is 75.3 cm³/mol. The molecular formula is C14H18N4O. The highest BCUT2D eigenvalue weighted by atomic mass is 16.1. The molecule has 0 aliphatic carbocycles. The topological polar surface area (TPSA) is 50.2 Å². The molecule has 0 saturated carbocycles. The second-order valence-electron chi connectivity index (χ2n) is 4.85. The molecule has 19 heavy (non-hydrogen) atoms. The van der Waals surface area contributed by atoms with Gasteiger partial charge in [0.15, 0.2) is 0 Å². The van der Waals surface area contributed by atoms with E-state index in [-0.39, 0.29) is 5.56 Å². The second-order valence-corrected chi connectivity index (χ2v) is 4.85. The zero-order valence-electron chi connectivity index (χ0n) is 10.9. The van der Waals surface area contributed by atoms with Gasteiger partial charge in [0.2, 0.25) is 0 Å². The fourth-order valence-corrected chi connectivity index (χ4v) is 2.46. The first-order chi connectivity index (χ1) is 9.34. The number of aromatic nitrogens is 2. The zero-order valence-corrected chi connectivity index (χ0v) is 10.9. The van der Waals surface area contributed by atoms with Crippen molar-refractivity contribution in [3.63, 3.8) is 0 Å². The molecule has 1 aromatic carbocycles. The van der Waals surface area contributed by atoms with E-state index in [1.54, 1.807) is 10.9 Å². The van der Waals surface area contributed by atoms with Gasteiger partial charge in [-0.3, -0.25) is 9.69 Å². The average Bonchev–Trinajstić information content (AvgIpc) is 2.48. The molecular weight excluding hydrogens is 240 g/mol. The third-order valence-corrected chi connectivity index (χ3v) is 3.60. The van der Waals surface area contributed by atoms with Crippen LogP contribution in [-0.2, 0) is 6.54 Å². The first-order valence-electron chi connectivity index (χ1n) is 6.72. The van der Waals surface area contributed by atoms with Crippen molar-refractivity contribution in [1.29, 1.82) is 0 Å². The maximum absolute atomic E-state index is 12.3. The summed E-state index contributed by atoms with van der Waals surface area (Å²) >= 11 is 0. The van der Waals surface area contributed by atoms with Crippen molar-refractivity contribution < 1.29 is 0 Å². The first-order valence-corrected chi connectivity index (χ1v) is 6.72. The first kappa shape index (κ1) is 12.3. The van der Waals surface area contributed by atoms with E-state index in [2.05, 4.69) is 15.3 Å². The molecule has 2 aromatic rings. The van der Waals surface area contributed by atoms with Crippen LogP contribution in [0.15, 0.2) is 35.3 Å². The smallest absolute Gasteiger partial charge is 0.274 e. The molecule has 1 aliphatic heterocycles. The minimum Gasteiger partial charge on any atom is -0.314 e. The lowest BCUT2D eigenvalue weighted by Crippen LogP contribution is -2.45. The molecule has 1 saturated heterocycles. The quantitative estimate of drug-likeness (QED) is 0.860. The molecule has 1 fully saturated rings. The lowest BCUT2D eigenvalue weighted by Gasteiger charge is -2.27. The van der Waals surface area contributed by atoms with Gasteiger partial charge in [0.05, 0.1) is 18.1 Å². The van der Waals surface area contributed by atoms with Crippen molar-refractivity contribution in [3.8, 4) is 0 Å². The number of piperazine rings is 1. The molecule has 1 aliphatic rings. The van der Waals surface area contributed by atoms with E-state index < -0.39 is 0 Å². The van der Waals surface area contributed by atoms with Gasteiger partial charge in [-0.2, -0.15) is 5.10 Å². The standard InChI is InChI=1S/C14H18N4O/c19-14-13-4-2-1-3-12(13)11-16-18(14)10-9-17-7-5-15-6-8-17/h1-4,11,15H,5-10H2. The van der Waals surface area contributed by atoms with E-state index in [4.69, 9.17) is 0 Å². The Morgan fingerprint density at radius 1 is 1.16 bits per heavy atom. The van der Waals surface area contributed by atoms with Gasteiger partial charge in [-0.1, -0.05) is 18.2 Å². The van der Waals surface area contributed by atoms with Gasteiger partial charge in [-0.05, 0) is 6.07 Å². The molecule has 0 spiro atoms. The summed E-state index contributed by atoms with van der Waals surface area (Å²) in [6.07, 6.45) is 1.77. The Balaban J connectivity index is 1.77. The predicted octanol–water partition coefficient (Wildman–Crippen LogP) is 0.302. The van der Waals surface area contributed by atoms with Crippen LogP contribution in [0, 0.1) is 0 Å². The second kappa shape index (κ2) is 5.50. The minimum atomic E-state index is 0.00762. The third kappa shape index (κ3) is 2.67. The Morgan fingerprint density at radius 2 is 1.95 bits per heavy atom. The lowest BCUT2D eigenvalue weighted by atomic mass is 10.2. The summed E-state index contributed by atoms with van der Waals surface area (Å²) in [5.41, 5.74) is 0.00762. The Bertz CT molecular complexity index is 616. The van der Waals surface area contributed by atoms with E-state index in [1.165, 1.54) is 0 Å². The molecule has 0 amide bonds. The van der Waals surface area contributed by atoms with Gasteiger partial charge in [-0.15, -0.1) is 0 Å². The van der Waals surface area contributed by atoms with Gasteiger partial charge in [0.25, 0.3) is 5.56 Å². The zero-order chi connectivity index (χ0) is 13.1. The highest BCUT2D eigenvalue weighted by Gasteiger charge is 2.10. The van der Waals surface area contributed by atoms with Crippen molar-refractivity contribution in [2.24, 2.45) is 0 Å². The fourth-order valence-electron chi connectivity index (χ4n) is 2.46. The lowest BCUT2D eigenvalue weighted by molar-refractivity contribution is 0.228. The molecule has 1 aromatic heterocycles. The molecule has 100 valence electrons. The van der Waals surface area contributed by atoms with Crippen LogP contribution in [0.2, 0.25) is 0 Å². The van der Waals surface area contributed by atoms with Crippen LogP contribution >= 0.6 is 0 Å². The van der Waals surface area contributed by atoms with Crippen LogP contribution in [0.1, 0.15) is 0 Å². The third-order valence-electron chi connectivity index (χ3n) is 3.60. The molecule has 0 bridgehead atoms. The summed E-state index contributed by atoms with van der Waals surface area (Å²) in [7, 11) is 0. The van der Waals surface area contributed by atoms with E-state index in [0.717, 1.165) is 43.5 Å². The number of fused-ring (bicyclic) bond motifs is 1. The average molecular weight is 258 g/mol. The highest BCUT2D eigenvalue weighted by molar-refractivity contribution is 5.80. The Hall–Kier alpha value is -1.72. The Labute approximate surface area is 111 Å². The number of nitrogens with zero attached hydrogens (tertiary/aromatic N) is 3. The molecule has 5 heteroatoms. The minimum absolute atomic E-state index is 0.00762. The summed E-state index contributed by atoms with van der Waals surface area (Å²) in [6, 6.07) is 7.60. The van der Waals surface area contributed by atoms with Crippen molar-refractivity contribution in [3.05, 3.63) is 40.8 Å². The SMILES string of the molecule is O=c1c2ccccc2cnn1CCN1CCNCC1. The molecule has 2 heterocycles. The van der Waals surface area contributed by atoms with Crippen molar-refractivity contribution in [1.82, 2.24) is 20.0 Å². The Morgan fingerprint density at radius 3 is 2.79 bits per heavy atom. The van der Waals surface area contributed by atoms with E-state index in [9.17, 15) is 4.79 Å². The summed E-state index contributed by atoms with van der Waals surface area (Å²) in [6.45, 7) is 5.68. The summed E-state index contributed by atoms with van der Waals surface area (Å²) in [5, 5.41) is 9.23. The fraction of sp³-hybridized carbons (Fsp3) is 0.429. The number of rotatable bonds is 3. The number of benzene rings is 1. The highest BCUT2D eigenvalue weighted by Crippen LogP contribution is 2.06. The van der Waals surface area contributed by atoms with Crippen molar-refractivity contribution in [2.45, 2.75) is 6.54 Å². The van der Waals surface area contributed by atoms with Crippen LogP contribution < -0.4 is 10.9 Å². The molecule has 0 radical (unpaired) electrons. The molecule has 0 unspecified atom stereocenters. The van der Waals surface area contributed by atoms with Crippen LogP contribution in [-0.4, -0.2) is 47.4 Å². The van der Waals surface area contributed by atoms with Gasteiger partial charge in [0, 0.05) is 38.1 Å². The van der Waals surface area contributed by atoms with Gasteiger partial charge < -0.3 is 5.32 Å². The van der Waals surface area contributed by atoms with E-state index in [0.29, 0.717) is 6.54 Å². The van der Waals surface area contributed by atoms with Crippen LogP contribution in [0.5, 0.6) is 0 Å².